The monoisotopic (exact) mass is 409 g/mol. The van der Waals surface area contributed by atoms with E-state index in [9.17, 15) is 14.4 Å². The van der Waals surface area contributed by atoms with Crippen molar-refractivity contribution in [2.24, 2.45) is 0 Å². The zero-order valence-corrected chi connectivity index (χ0v) is 18.3. The van der Waals surface area contributed by atoms with Gasteiger partial charge in [0.1, 0.15) is 6.04 Å². The number of nitrogens with one attached hydrogen (secondary N) is 3. The fraction of sp³-hybridized carbons (Fsp3) is 0.375. The third kappa shape index (κ3) is 6.44. The Balaban J connectivity index is 1.85. The maximum atomic E-state index is 12.4. The van der Waals surface area contributed by atoms with Crippen molar-refractivity contribution in [2.75, 3.05) is 11.9 Å². The Morgan fingerprint density at radius 3 is 2.20 bits per heavy atom. The Kier molecular flexibility index (Phi) is 7.75. The summed E-state index contributed by atoms with van der Waals surface area (Å²) in [5, 5.41) is 8.02. The Hall–Kier alpha value is -3.15. The van der Waals surface area contributed by atoms with E-state index in [1.54, 1.807) is 19.1 Å². The van der Waals surface area contributed by atoms with E-state index in [1.165, 1.54) is 0 Å². The Labute approximate surface area is 178 Å². The molecule has 30 heavy (non-hydrogen) atoms. The standard InChI is InChI=1S/C24H31N3O3/c1-6-17-9-7-8-10-20(17)27-21(28)15-25-22(29)16(2)26-23(30)18-11-13-19(14-12-18)24(3,4)5/h7-14,16H,6,15H2,1-5H3,(H,25,29)(H,26,30)(H,27,28). The van der Waals surface area contributed by atoms with Crippen LogP contribution in [0.4, 0.5) is 5.69 Å². The van der Waals surface area contributed by atoms with Gasteiger partial charge in [0.15, 0.2) is 0 Å². The largest absolute Gasteiger partial charge is 0.345 e. The predicted molar refractivity (Wildman–Crippen MR) is 120 cm³/mol. The van der Waals surface area contributed by atoms with Crippen molar-refractivity contribution in [3.8, 4) is 0 Å². The average molecular weight is 410 g/mol. The number of benzene rings is 2. The summed E-state index contributed by atoms with van der Waals surface area (Å²) in [6, 6.07) is 14.1. The van der Waals surface area contributed by atoms with Gasteiger partial charge in [-0.05, 0) is 48.1 Å². The number of rotatable bonds is 7. The summed E-state index contributed by atoms with van der Waals surface area (Å²) in [7, 11) is 0. The first-order valence-electron chi connectivity index (χ1n) is 10.2. The van der Waals surface area contributed by atoms with E-state index in [2.05, 4.69) is 36.7 Å². The zero-order valence-electron chi connectivity index (χ0n) is 18.3. The molecule has 0 aliphatic heterocycles. The zero-order chi connectivity index (χ0) is 22.3. The summed E-state index contributed by atoms with van der Waals surface area (Å²) < 4.78 is 0. The highest BCUT2D eigenvalue weighted by Gasteiger charge is 2.19. The summed E-state index contributed by atoms with van der Waals surface area (Å²) >= 11 is 0. The lowest BCUT2D eigenvalue weighted by Crippen LogP contribution is -2.46. The van der Waals surface area contributed by atoms with E-state index >= 15 is 0 Å². The topological polar surface area (TPSA) is 87.3 Å². The molecule has 6 nitrogen and oxygen atoms in total. The molecular formula is C24H31N3O3. The molecule has 0 aliphatic rings. The average Bonchev–Trinajstić information content (AvgIpc) is 2.71. The van der Waals surface area contributed by atoms with Gasteiger partial charge in [-0.25, -0.2) is 0 Å². The maximum absolute atomic E-state index is 12.4. The van der Waals surface area contributed by atoms with Crippen LogP contribution in [-0.2, 0) is 21.4 Å². The SMILES string of the molecule is CCc1ccccc1NC(=O)CNC(=O)C(C)NC(=O)c1ccc(C(C)(C)C)cc1. The smallest absolute Gasteiger partial charge is 0.251 e. The van der Waals surface area contributed by atoms with E-state index in [4.69, 9.17) is 0 Å². The molecule has 0 bridgehead atoms. The first kappa shape index (κ1) is 23.1. The summed E-state index contributed by atoms with van der Waals surface area (Å²) in [5.74, 6) is -1.08. The molecule has 0 radical (unpaired) electrons. The lowest BCUT2D eigenvalue weighted by Gasteiger charge is -2.19. The third-order valence-electron chi connectivity index (χ3n) is 4.85. The van der Waals surface area contributed by atoms with Gasteiger partial charge in [-0.15, -0.1) is 0 Å². The lowest BCUT2D eigenvalue weighted by molar-refractivity contribution is -0.125. The number of aryl methyl sites for hydroxylation is 1. The normalized spacial score (nSPS) is 12.0. The molecule has 1 unspecified atom stereocenters. The number of hydrogen-bond acceptors (Lipinski definition) is 3. The molecule has 0 aliphatic carbocycles. The van der Waals surface area contributed by atoms with Crippen molar-refractivity contribution in [3.63, 3.8) is 0 Å². The van der Waals surface area contributed by atoms with E-state index in [1.807, 2.05) is 43.3 Å². The van der Waals surface area contributed by atoms with Gasteiger partial charge in [0.05, 0.1) is 6.54 Å². The van der Waals surface area contributed by atoms with Gasteiger partial charge >= 0.3 is 0 Å². The van der Waals surface area contributed by atoms with Crippen LogP contribution in [0.3, 0.4) is 0 Å². The van der Waals surface area contributed by atoms with Crippen LogP contribution in [-0.4, -0.2) is 30.3 Å². The van der Waals surface area contributed by atoms with E-state index in [0.717, 1.165) is 23.2 Å². The molecule has 0 heterocycles. The second-order valence-corrected chi connectivity index (χ2v) is 8.30. The molecule has 3 N–H and O–H groups in total. The fourth-order valence-corrected chi connectivity index (χ4v) is 2.93. The molecular weight excluding hydrogens is 378 g/mol. The molecule has 1 atom stereocenters. The fourth-order valence-electron chi connectivity index (χ4n) is 2.93. The maximum Gasteiger partial charge on any atom is 0.251 e. The van der Waals surface area contributed by atoms with Gasteiger partial charge < -0.3 is 16.0 Å². The van der Waals surface area contributed by atoms with Gasteiger partial charge in [-0.2, -0.15) is 0 Å². The van der Waals surface area contributed by atoms with Crippen LogP contribution < -0.4 is 16.0 Å². The van der Waals surface area contributed by atoms with Crippen molar-refractivity contribution >= 4 is 23.4 Å². The number of anilines is 1. The van der Waals surface area contributed by atoms with Gasteiger partial charge in [-0.3, -0.25) is 14.4 Å². The number of carbonyl (C=O) groups excluding carboxylic acids is 3. The van der Waals surface area contributed by atoms with Crippen molar-refractivity contribution in [2.45, 2.75) is 52.5 Å². The summed E-state index contributed by atoms with van der Waals surface area (Å²) in [5.41, 5.74) is 3.37. The van der Waals surface area contributed by atoms with Crippen molar-refractivity contribution < 1.29 is 14.4 Å². The minimum atomic E-state index is -0.768. The minimum absolute atomic E-state index is 0.000396. The predicted octanol–water partition coefficient (Wildman–Crippen LogP) is 3.42. The van der Waals surface area contributed by atoms with E-state index in [0.29, 0.717) is 5.56 Å². The quantitative estimate of drug-likeness (QED) is 0.655. The number of para-hydroxylation sites is 1. The molecule has 6 heteroatoms. The summed E-state index contributed by atoms with van der Waals surface area (Å²) in [4.78, 5) is 36.8. The van der Waals surface area contributed by atoms with Gasteiger partial charge in [0.2, 0.25) is 11.8 Å². The first-order chi connectivity index (χ1) is 14.1. The molecule has 3 amide bonds. The Bertz CT molecular complexity index is 899. The highest BCUT2D eigenvalue weighted by molar-refractivity contribution is 5.99. The van der Waals surface area contributed by atoms with E-state index in [-0.39, 0.29) is 23.8 Å². The van der Waals surface area contributed by atoms with Crippen molar-refractivity contribution in [1.82, 2.24) is 10.6 Å². The Morgan fingerprint density at radius 2 is 1.60 bits per heavy atom. The van der Waals surface area contributed by atoms with Crippen LogP contribution in [0, 0.1) is 0 Å². The molecule has 0 spiro atoms. The number of hydrogen-bond donors (Lipinski definition) is 3. The van der Waals surface area contributed by atoms with Crippen LogP contribution in [0.5, 0.6) is 0 Å². The highest BCUT2D eigenvalue weighted by atomic mass is 16.2. The molecule has 0 aromatic heterocycles. The molecule has 0 fully saturated rings. The first-order valence-corrected chi connectivity index (χ1v) is 10.2. The Morgan fingerprint density at radius 1 is 0.967 bits per heavy atom. The molecule has 0 saturated carbocycles. The van der Waals surface area contributed by atoms with E-state index < -0.39 is 11.9 Å². The van der Waals surface area contributed by atoms with Gasteiger partial charge in [0.25, 0.3) is 5.91 Å². The second-order valence-electron chi connectivity index (χ2n) is 8.30. The molecule has 2 aromatic carbocycles. The summed E-state index contributed by atoms with van der Waals surface area (Å²) in [6.45, 7) is 9.73. The van der Waals surface area contributed by atoms with Crippen molar-refractivity contribution in [3.05, 3.63) is 65.2 Å². The van der Waals surface area contributed by atoms with Gasteiger partial charge in [0, 0.05) is 11.3 Å². The highest BCUT2D eigenvalue weighted by Crippen LogP contribution is 2.22. The lowest BCUT2D eigenvalue weighted by atomic mass is 9.86. The van der Waals surface area contributed by atoms with Gasteiger partial charge in [-0.1, -0.05) is 58.0 Å². The van der Waals surface area contributed by atoms with Crippen LogP contribution in [0.15, 0.2) is 48.5 Å². The van der Waals surface area contributed by atoms with Crippen LogP contribution >= 0.6 is 0 Å². The van der Waals surface area contributed by atoms with Crippen LogP contribution in [0.25, 0.3) is 0 Å². The molecule has 0 saturated heterocycles. The van der Waals surface area contributed by atoms with Crippen LogP contribution in [0.1, 0.15) is 56.1 Å². The minimum Gasteiger partial charge on any atom is -0.345 e. The number of carbonyl (C=O) groups is 3. The van der Waals surface area contributed by atoms with Crippen LogP contribution in [0.2, 0.25) is 0 Å². The van der Waals surface area contributed by atoms with Crippen molar-refractivity contribution in [1.29, 1.82) is 0 Å². The third-order valence-corrected chi connectivity index (χ3v) is 4.85. The summed E-state index contributed by atoms with van der Waals surface area (Å²) in [6.07, 6.45) is 0.794. The molecule has 2 rings (SSSR count). The molecule has 2 aromatic rings. The molecule has 160 valence electrons. The number of amides is 3. The second kappa shape index (κ2) is 10.1.